The van der Waals surface area contributed by atoms with Crippen LogP contribution in [0.25, 0.3) is 0 Å². The van der Waals surface area contributed by atoms with Crippen molar-refractivity contribution in [3.8, 4) is 5.75 Å². The molecule has 0 spiro atoms. The van der Waals surface area contributed by atoms with Crippen molar-refractivity contribution in [1.82, 2.24) is 9.80 Å². The fraction of sp³-hybridized carbons (Fsp3) is 0.632. The lowest BCUT2D eigenvalue weighted by Gasteiger charge is -2.41. The van der Waals surface area contributed by atoms with E-state index in [1.54, 1.807) is 0 Å². The van der Waals surface area contributed by atoms with Crippen molar-refractivity contribution in [2.45, 2.75) is 38.3 Å². The smallest absolute Gasteiger partial charge is 0.266 e. The molecule has 0 aromatic heterocycles. The van der Waals surface area contributed by atoms with Crippen LogP contribution in [-0.4, -0.2) is 65.0 Å². The van der Waals surface area contributed by atoms with Gasteiger partial charge in [-0.3, -0.25) is 9.69 Å². The molecular formula is C19H28N2O2S. The Morgan fingerprint density at radius 1 is 1.08 bits per heavy atom. The summed E-state index contributed by atoms with van der Waals surface area (Å²) in [6, 6.07) is 10.3. The van der Waals surface area contributed by atoms with Crippen LogP contribution < -0.4 is 4.74 Å². The van der Waals surface area contributed by atoms with Crippen molar-refractivity contribution in [3.05, 3.63) is 30.3 Å². The summed E-state index contributed by atoms with van der Waals surface area (Å²) >= 11 is 2.05. The minimum Gasteiger partial charge on any atom is -0.478 e. The van der Waals surface area contributed by atoms with Crippen LogP contribution in [-0.2, 0) is 4.79 Å². The third kappa shape index (κ3) is 4.25. The summed E-state index contributed by atoms with van der Waals surface area (Å²) in [6.07, 6.45) is 2.16. The molecule has 0 saturated carbocycles. The highest BCUT2D eigenvalue weighted by Gasteiger charge is 2.36. The van der Waals surface area contributed by atoms with Gasteiger partial charge in [0, 0.05) is 43.7 Å². The van der Waals surface area contributed by atoms with Crippen molar-refractivity contribution in [2.75, 3.05) is 37.7 Å². The molecule has 5 heteroatoms. The number of hydrogen-bond acceptors (Lipinski definition) is 4. The van der Waals surface area contributed by atoms with E-state index in [0.29, 0.717) is 6.04 Å². The van der Waals surface area contributed by atoms with Crippen LogP contribution in [0.2, 0.25) is 0 Å². The minimum atomic E-state index is -0.823. The fourth-order valence-corrected chi connectivity index (χ4v) is 4.52. The predicted molar refractivity (Wildman–Crippen MR) is 99.6 cm³/mol. The molecule has 0 atom stereocenters. The summed E-state index contributed by atoms with van der Waals surface area (Å²) in [7, 11) is 0. The molecule has 2 fully saturated rings. The number of thioether (sulfide) groups is 1. The summed E-state index contributed by atoms with van der Waals surface area (Å²) < 4.78 is 5.96. The normalized spacial score (nSPS) is 20.8. The Morgan fingerprint density at radius 3 is 2.33 bits per heavy atom. The Hall–Kier alpha value is -1.20. The standard InChI is InChI=1S/C19H28N2O2S/c1-19(2,23-17-6-4-3-5-7-17)18(22)21-10-8-16(9-11-21)20-12-14-24-15-13-20/h3-7,16H,8-15H2,1-2H3. The summed E-state index contributed by atoms with van der Waals surface area (Å²) in [6.45, 7) is 7.83. The van der Waals surface area contributed by atoms with Crippen LogP contribution >= 0.6 is 11.8 Å². The summed E-state index contributed by atoms with van der Waals surface area (Å²) in [5.41, 5.74) is -0.823. The molecular weight excluding hydrogens is 320 g/mol. The second kappa shape index (κ2) is 7.79. The molecule has 1 aromatic carbocycles. The molecule has 24 heavy (non-hydrogen) atoms. The largest absolute Gasteiger partial charge is 0.478 e. The molecule has 0 N–H and O–H groups in total. The van der Waals surface area contributed by atoms with Crippen molar-refractivity contribution in [2.24, 2.45) is 0 Å². The molecule has 0 unspecified atom stereocenters. The Bertz CT molecular complexity index is 536. The van der Waals surface area contributed by atoms with Crippen LogP contribution in [0.1, 0.15) is 26.7 Å². The van der Waals surface area contributed by atoms with Crippen molar-refractivity contribution in [1.29, 1.82) is 0 Å². The van der Waals surface area contributed by atoms with E-state index in [4.69, 9.17) is 4.74 Å². The topological polar surface area (TPSA) is 32.8 Å². The monoisotopic (exact) mass is 348 g/mol. The Labute approximate surface area is 149 Å². The zero-order valence-corrected chi connectivity index (χ0v) is 15.6. The molecule has 4 nitrogen and oxygen atoms in total. The van der Waals surface area contributed by atoms with Crippen LogP contribution in [0, 0.1) is 0 Å². The Kier molecular flexibility index (Phi) is 5.72. The highest BCUT2D eigenvalue weighted by Crippen LogP contribution is 2.24. The average molecular weight is 349 g/mol. The number of rotatable bonds is 4. The molecule has 0 bridgehead atoms. The molecule has 2 aliphatic rings. The van der Waals surface area contributed by atoms with E-state index in [1.165, 1.54) is 24.6 Å². The molecule has 2 heterocycles. The molecule has 2 saturated heterocycles. The minimum absolute atomic E-state index is 0.0963. The van der Waals surface area contributed by atoms with E-state index >= 15 is 0 Å². The first kappa shape index (κ1) is 17.6. The van der Waals surface area contributed by atoms with Crippen molar-refractivity contribution < 1.29 is 9.53 Å². The average Bonchev–Trinajstić information content (AvgIpc) is 2.62. The van der Waals surface area contributed by atoms with Crippen LogP contribution in [0.4, 0.5) is 0 Å². The second-order valence-electron chi connectivity index (χ2n) is 7.10. The third-order valence-corrected chi connectivity index (χ3v) is 5.89. The number of carbonyl (C=O) groups is 1. The van der Waals surface area contributed by atoms with Gasteiger partial charge < -0.3 is 9.64 Å². The van der Waals surface area contributed by atoms with E-state index < -0.39 is 5.60 Å². The van der Waals surface area contributed by atoms with Gasteiger partial charge in [0.1, 0.15) is 5.75 Å². The number of ether oxygens (including phenoxy) is 1. The maximum absolute atomic E-state index is 12.9. The van der Waals surface area contributed by atoms with E-state index in [0.717, 1.165) is 31.7 Å². The SMILES string of the molecule is CC(C)(Oc1ccccc1)C(=O)N1CCC(N2CCSCC2)CC1. The van der Waals surface area contributed by atoms with Gasteiger partial charge in [0.2, 0.25) is 0 Å². The highest BCUT2D eigenvalue weighted by molar-refractivity contribution is 7.99. The maximum atomic E-state index is 12.9. The van der Waals surface area contributed by atoms with E-state index in [2.05, 4.69) is 4.90 Å². The lowest BCUT2D eigenvalue weighted by atomic mass is 10.00. The quantitative estimate of drug-likeness (QED) is 0.838. The molecule has 1 amide bonds. The number of likely N-dealkylation sites (tertiary alicyclic amines) is 1. The van der Waals surface area contributed by atoms with Gasteiger partial charge >= 0.3 is 0 Å². The number of carbonyl (C=O) groups excluding carboxylic acids is 1. The first-order chi connectivity index (χ1) is 11.6. The van der Waals surface area contributed by atoms with Gasteiger partial charge in [0.05, 0.1) is 0 Å². The third-order valence-electron chi connectivity index (χ3n) is 4.95. The van der Waals surface area contributed by atoms with Gasteiger partial charge in [-0.25, -0.2) is 0 Å². The Morgan fingerprint density at radius 2 is 1.71 bits per heavy atom. The molecule has 2 aliphatic heterocycles. The summed E-state index contributed by atoms with van der Waals surface area (Å²) in [4.78, 5) is 17.5. The van der Waals surface area contributed by atoms with E-state index in [-0.39, 0.29) is 5.91 Å². The number of amides is 1. The number of piperidine rings is 1. The Balaban J connectivity index is 1.54. The first-order valence-corrected chi connectivity index (χ1v) is 10.1. The van der Waals surface area contributed by atoms with Gasteiger partial charge in [-0.15, -0.1) is 0 Å². The summed E-state index contributed by atoms with van der Waals surface area (Å²) in [5.74, 6) is 3.34. The van der Waals surface area contributed by atoms with Gasteiger partial charge in [-0.1, -0.05) is 18.2 Å². The zero-order valence-electron chi connectivity index (χ0n) is 14.7. The number of hydrogen-bond donors (Lipinski definition) is 0. The van der Waals surface area contributed by atoms with Gasteiger partial charge in [-0.05, 0) is 38.8 Å². The number of para-hydroxylation sites is 1. The highest BCUT2D eigenvalue weighted by atomic mass is 32.2. The fourth-order valence-electron chi connectivity index (χ4n) is 3.58. The van der Waals surface area contributed by atoms with Crippen LogP contribution in [0.5, 0.6) is 5.75 Å². The van der Waals surface area contributed by atoms with Gasteiger partial charge in [0.15, 0.2) is 5.60 Å². The second-order valence-corrected chi connectivity index (χ2v) is 8.32. The molecule has 0 radical (unpaired) electrons. The van der Waals surface area contributed by atoms with Gasteiger partial charge in [0.25, 0.3) is 5.91 Å². The van der Waals surface area contributed by atoms with E-state index in [9.17, 15) is 4.79 Å². The van der Waals surface area contributed by atoms with Crippen LogP contribution in [0.15, 0.2) is 30.3 Å². The molecule has 1 aromatic rings. The van der Waals surface area contributed by atoms with Crippen LogP contribution in [0.3, 0.4) is 0 Å². The molecule has 0 aliphatic carbocycles. The molecule has 3 rings (SSSR count). The number of nitrogens with zero attached hydrogens (tertiary/aromatic N) is 2. The van der Waals surface area contributed by atoms with Crippen molar-refractivity contribution >= 4 is 17.7 Å². The maximum Gasteiger partial charge on any atom is 0.266 e. The predicted octanol–water partition coefficient (Wildman–Crippen LogP) is 2.88. The molecule has 132 valence electrons. The first-order valence-electron chi connectivity index (χ1n) is 8.91. The lowest BCUT2D eigenvalue weighted by Crippen LogP contribution is -2.54. The lowest BCUT2D eigenvalue weighted by molar-refractivity contribution is -0.147. The van der Waals surface area contributed by atoms with E-state index in [1.807, 2.05) is 60.8 Å². The number of benzene rings is 1. The van der Waals surface area contributed by atoms with Gasteiger partial charge in [-0.2, -0.15) is 11.8 Å². The zero-order chi connectivity index (χ0) is 17.0. The van der Waals surface area contributed by atoms with Crippen molar-refractivity contribution in [3.63, 3.8) is 0 Å². The summed E-state index contributed by atoms with van der Waals surface area (Å²) in [5, 5.41) is 0.